The van der Waals surface area contributed by atoms with Crippen LogP contribution in [0.1, 0.15) is 41.8 Å². The summed E-state index contributed by atoms with van der Waals surface area (Å²) < 4.78 is 10.5. The molecule has 7 nitrogen and oxygen atoms in total. The molecule has 1 saturated carbocycles. The molecule has 1 amide bonds. The van der Waals surface area contributed by atoms with E-state index >= 15 is 0 Å². The highest BCUT2D eigenvalue weighted by Crippen LogP contribution is 2.44. The van der Waals surface area contributed by atoms with Crippen LogP contribution < -0.4 is 10.1 Å². The van der Waals surface area contributed by atoms with Crippen molar-refractivity contribution in [2.24, 2.45) is 0 Å². The maximum atomic E-state index is 12.3. The van der Waals surface area contributed by atoms with E-state index in [1.165, 1.54) is 12.1 Å². The Morgan fingerprint density at radius 3 is 2.64 bits per heavy atom. The van der Waals surface area contributed by atoms with Crippen molar-refractivity contribution in [3.05, 3.63) is 57.8 Å². The molecule has 132 valence electrons. The Labute approximate surface area is 145 Å². The molecule has 1 aliphatic rings. The van der Waals surface area contributed by atoms with Crippen molar-refractivity contribution in [3.63, 3.8) is 0 Å². The average molecular weight is 344 g/mol. The number of hydrogen-bond donors (Lipinski definition) is 1. The van der Waals surface area contributed by atoms with Crippen molar-refractivity contribution in [1.82, 2.24) is 5.32 Å². The quantitative estimate of drug-likeness (QED) is 0.640. The lowest BCUT2D eigenvalue weighted by Crippen LogP contribution is -2.39. The summed E-state index contributed by atoms with van der Waals surface area (Å²) in [5.41, 5.74) is 0.890. The van der Waals surface area contributed by atoms with Crippen molar-refractivity contribution < 1.29 is 18.9 Å². The molecule has 7 heteroatoms. The van der Waals surface area contributed by atoms with Gasteiger partial charge in [-0.1, -0.05) is 31.0 Å². The van der Waals surface area contributed by atoms with E-state index in [4.69, 9.17) is 9.15 Å². The fraction of sp³-hybridized carbons (Fsp3) is 0.389. The van der Waals surface area contributed by atoms with Crippen molar-refractivity contribution in [1.29, 1.82) is 0 Å². The third kappa shape index (κ3) is 3.35. The first-order valence-electron chi connectivity index (χ1n) is 8.22. The number of para-hydroxylation sites is 1. The zero-order valence-electron chi connectivity index (χ0n) is 14.0. The SMILES string of the molecule is COc1ccccc1C1(CNC(=O)c2ccc([N+](=O)[O-])o2)CCCC1. The third-order valence-electron chi connectivity index (χ3n) is 4.82. The van der Waals surface area contributed by atoms with E-state index in [0.717, 1.165) is 37.0 Å². The standard InChI is InChI=1S/C18H20N2O5/c1-24-14-7-3-2-6-13(14)18(10-4-5-11-18)12-19-17(21)15-8-9-16(25-15)20(22)23/h2-3,6-9H,4-5,10-12H2,1H3,(H,19,21). The van der Waals surface area contributed by atoms with Gasteiger partial charge in [-0.2, -0.15) is 0 Å². The molecule has 1 heterocycles. The smallest absolute Gasteiger partial charge is 0.433 e. The molecule has 1 aromatic heterocycles. The van der Waals surface area contributed by atoms with Gasteiger partial charge < -0.3 is 14.5 Å². The monoisotopic (exact) mass is 344 g/mol. The predicted octanol–water partition coefficient (Wildman–Crippen LogP) is 3.44. The molecule has 3 rings (SSSR count). The largest absolute Gasteiger partial charge is 0.496 e. The van der Waals surface area contributed by atoms with Crippen LogP contribution in [-0.4, -0.2) is 24.5 Å². The van der Waals surface area contributed by atoms with Gasteiger partial charge in [-0.25, -0.2) is 0 Å². The normalized spacial score (nSPS) is 15.7. The summed E-state index contributed by atoms with van der Waals surface area (Å²) >= 11 is 0. The molecule has 0 radical (unpaired) electrons. The Morgan fingerprint density at radius 1 is 1.28 bits per heavy atom. The first kappa shape index (κ1) is 17.0. The Morgan fingerprint density at radius 2 is 2.00 bits per heavy atom. The molecular formula is C18H20N2O5. The molecule has 0 unspecified atom stereocenters. The molecule has 2 aromatic rings. The van der Waals surface area contributed by atoms with Gasteiger partial charge in [0.05, 0.1) is 13.2 Å². The summed E-state index contributed by atoms with van der Waals surface area (Å²) in [6, 6.07) is 10.3. The van der Waals surface area contributed by atoms with Crippen molar-refractivity contribution in [2.75, 3.05) is 13.7 Å². The van der Waals surface area contributed by atoms with Crippen LogP contribution in [0.4, 0.5) is 5.88 Å². The number of carbonyl (C=O) groups excluding carboxylic acids is 1. The first-order valence-corrected chi connectivity index (χ1v) is 8.22. The summed E-state index contributed by atoms with van der Waals surface area (Å²) in [7, 11) is 1.64. The summed E-state index contributed by atoms with van der Waals surface area (Å²) in [4.78, 5) is 22.3. The minimum atomic E-state index is -0.663. The molecule has 0 spiro atoms. The van der Waals surface area contributed by atoms with Gasteiger partial charge in [-0.05, 0) is 25.0 Å². The second-order valence-corrected chi connectivity index (χ2v) is 6.27. The third-order valence-corrected chi connectivity index (χ3v) is 4.82. The van der Waals surface area contributed by atoms with Gasteiger partial charge in [0.25, 0.3) is 5.91 Å². The molecule has 1 fully saturated rings. The number of ether oxygens (including phenoxy) is 1. The minimum absolute atomic E-state index is 0.0557. The van der Waals surface area contributed by atoms with Crippen LogP contribution in [-0.2, 0) is 5.41 Å². The molecule has 0 saturated heterocycles. The van der Waals surface area contributed by atoms with Crippen LogP contribution in [0, 0.1) is 10.1 Å². The van der Waals surface area contributed by atoms with Crippen LogP contribution in [0.2, 0.25) is 0 Å². The second kappa shape index (κ2) is 6.96. The predicted molar refractivity (Wildman–Crippen MR) is 90.8 cm³/mol. The number of nitro groups is 1. The fourth-order valence-corrected chi connectivity index (χ4v) is 3.56. The number of rotatable bonds is 6. The zero-order chi connectivity index (χ0) is 17.9. The highest BCUT2D eigenvalue weighted by atomic mass is 16.6. The number of methoxy groups -OCH3 is 1. The lowest BCUT2D eigenvalue weighted by molar-refractivity contribution is -0.402. The van der Waals surface area contributed by atoms with E-state index in [1.54, 1.807) is 7.11 Å². The second-order valence-electron chi connectivity index (χ2n) is 6.27. The number of nitrogens with one attached hydrogen (secondary N) is 1. The van der Waals surface area contributed by atoms with Gasteiger partial charge in [0.15, 0.2) is 5.76 Å². The molecule has 0 bridgehead atoms. The van der Waals surface area contributed by atoms with Crippen LogP contribution >= 0.6 is 0 Å². The number of carbonyl (C=O) groups is 1. The Hall–Kier alpha value is -2.83. The van der Waals surface area contributed by atoms with E-state index < -0.39 is 16.7 Å². The van der Waals surface area contributed by atoms with Crippen LogP contribution in [0.5, 0.6) is 5.75 Å². The van der Waals surface area contributed by atoms with Crippen molar-refractivity contribution in [3.8, 4) is 5.75 Å². The summed E-state index contributed by atoms with van der Waals surface area (Å²) in [6.07, 6.45) is 4.07. The minimum Gasteiger partial charge on any atom is -0.496 e. The Kier molecular flexibility index (Phi) is 4.74. The molecular weight excluding hydrogens is 324 g/mol. The molecule has 1 N–H and O–H groups in total. The topological polar surface area (TPSA) is 94.6 Å². The summed E-state index contributed by atoms with van der Waals surface area (Å²) in [6.45, 7) is 0.431. The Bertz CT molecular complexity index is 777. The van der Waals surface area contributed by atoms with Gasteiger partial charge in [0.1, 0.15) is 10.7 Å². The summed E-state index contributed by atoms with van der Waals surface area (Å²) in [5, 5.41) is 13.5. The number of amides is 1. The molecule has 0 atom stereocenters. The van der Waals surface area contributed by atoms with Gasteiger partial charge in [0.2, 0.25) is 0 Å². The number of furan rings is 1. The lowest BCUT2D eigenvalue weighted by Gasteiger charge is -2.31. The van der Waals surface area contributed by atoms with E-state index in [-0.39, 0.29) is 11.2 Å². The van der Waals surface area contributed by atoms with E-state index in [1.807, 2.05) is 24.3 Å². The van der Waals surface area contributed by atoms with E-state index in [2.05, 4.69) is 5.32 Å². The van der Waals surface area contributed by atoms with Crippen LogP contribution in [0.25, 0.3) is 0 Å². The highest BCUT2D eigenvalue weighted by Gasteiger charge is 2.38. The van der Waals surface area contributed by atoms with Crippen molar-refractivity contribution >= 4 is 11.8 Å². The molecule has 1 aromatic carbocycles. The van der Waals surface area contributed by atoms with Gasteiger partial charge >= 0.3 is 5.88 Å². The lowest BCUT2D eigenvalue weighted by atomic mass is 9.78. The first-order chi connectivity index (χ1) is 12.1. The average Bonchev–Trinajstić information content (AvgIpc) is 3.30. The molecule has 1 aliphatic carbocycles. The molecule has 0 aliphatic heterocycles. The van der Waals surface area contributed by atoms with E-state index in [9.17, 15) is 14.9 Å². The molecule has 25 heavy (non-hydrogen) atoms. The number of benzene rings is 1. The van der Waals surface area contributed by atoms with Gasteiger partial charge in [0, 0.05) is 17.5 Å². The van der Waals surface area contributed by atoms with Gasteiger partial charge in [-0.15, -0.1) is 0 Å². The summed E-state index contributed by atoms with van der Waals surface area (Å²) in [5.74, 6) is -0.133. The van der Waals surface area contributed by atoms with Crippen molar-refractivity contribution in [2.45, 2.75) is 31.1 Å². The van der Waals surface area contributed by atoms with Crippen LogP contribution in [0.15, 0.2) is 40.8 Å². The fourth-order valence-electron chi connectivity index (χ4n) is 3.56. The van der Waals surface area contributed by atoms with Gasteiger partial charge in [-0.3, -0.25) is 14.9 Å². The maximum Gasteiger partial charge on any atom is 0.433 e. The number of nitrogens with zero attached hydrogens (tertiary/aromatic N) is 1. The number of hydrogen-bond acceptors (Lipinski definition) is 5. The van der Waals surface area contributed by atoms with Crippen LogP contribution in [0.3, 0.4) is 0 Å². The maximum absolute atomic E-state index is 12.3. The van der Waals surface area contributed by atoms with E-state index in [0.29, 0.717) is 6.54 Å². The zero-order valence-corrected chi connectivity index (χ0v) is 14.0. The Balaban J connectivity index is 1.78. The highest BCUT2D eigenvalue weighted by molar-refractivity contribution is 5.91.